The van der Waals surface area contributed by atoms with Gasteiger partial charge in [-0.2, -0.15) is 5.90 Å². The molecule has 4 nitrogen and oxygen atoms in total. The summed E-state index contributed by atoms with van der Waals surface area (Å²) in [7, 11) is 0. The van der Waals surface area contributed by atoms with Gasteiger partial charge in [0.1, 0.15) is 0 Å². The third kappa shape index (κ3) is 8.39. The molecule has 9 heavy (non-hydrogen) atoms. The van der Waals surface area contributed by atoms with Gasteiger partial charge in [-0.15, -0.1) is 0 Å². The van der Waals surface area contributed by atoms with Crippen molar-refractivity contribution < 1.29 is 14.7 Å². The summed E-state index contributed by atoms with van der Waals surface area (Å²) in [5, 5.41) is 8.50. The maximum atomic E-state index is 10.1. The summed E-state index contributed by atoms with van der Waals surface area (Å²) in [5.41, 5.74) is 0. The fourth-order valence-electron chi connectivity index (χ4n) is 0.289. The molecule has 1 atom stereocenters. The molecule has 0 spiro atoms. The molecule has 3 N–H and O–H groups in total. The molecule has 0 radical (unpaired) electrons. The quantitative estimate of drug-likeness (QED) is 0.365. The van der Waals surface area contributed by atoms with Crippen molar-refractivity contribution in [2.75, 3.05) is 0 Å². The molecular weight excluding hydrogens is 133 g/mol. The van der Waals surface area contributed by atoms with Gasteiger partial charge < -0.3 is 9.94 Å². The van der Waals surface area contributed by atoms with Crippen LogP contribution in [0.25, 0.3) is 0 Å². The molecule has 0 aromatic heterocycles. The molecule has 0 bridgehead atoms. The summed E-state index contributed by atoms with van der Waals surface area (Å²) >= 11 is 0. The fourth-order valence-corrected chi connectivity index (χ4v) is 0.289. The van der Waals surface area contributed by atoms with E-state index in [0.717, 1.165) is 0 Å². The topological polar surface area (TPSA) is 72.5 Å². The standard InChI is InChI=1S/C4H9NO3.Na.H/c1-3(6)2-4(7)8-5;;/h3,6H,2,5H2,1H3;;. The molecule has 0 saturated carbocycles. The van der Waals surface area contributed by atoms with Crippen LogP contribution in [0.3, 0.4) is 0 Å². The first kappa shape index (κ1) is 12.1. The summed E-state index contributed by atoms with van der Waals surface area (Å²) in [5.74, 6) is 3.86. The summed E-state index contributed by atoms with van der Waals surface area (Å²) in [6.45, 7) is 1.48. The van der Waals surface area contributed by atoms with E-state index >= 15 is 0 Å². The molecule has 0 heterocycles. The molecule has 5 heteroatoms. The molecule has 0 saturated heterocycles. The van der Waals surface area contributed by atoms with Gasteiger partial charge in [-0.25, -0.2) is 0 Å². The van der Waals surface area contributed by atoms with Gasteiger partial charge in [-0.3, -0.25) is 4.79 Å². The predicted octanol–water partition coefficient (Wildman–Crippen LogP) is -1.47. The van der Waals surface area contributed by atoms with Crippen molar-refractivity contribution in [3.8, 4) is 0 Å². The van der Waals surface area contributed by atoms with Crippen LogP contribution < -0.4 is 5.90 Å². The molecule has 0 rings (SSSR count). The number of hydrogen-bond donors (Lipinski definition) is 2. The summed E-state index contributed by atoms with van der Waals surface area (Å²) in [4.78, 5) is 13.9. The molecule has 0 amide bonds. The van der Waals surface area contributed by atoms with Crippen LogP contribution in [0.15, 0.2) is 0 Å². The van der Waals surface area contributed by atoms with Crippen molar-refractivity contribution in [3.63, 3.8) is 0 Å². The predicted molar refractivity (Wildman–Crippen MR) is 33.7 cm³/mol. The van der Waals surface area contributed by atoms with Gasteiger partial charge in [0.15, 0.2) is 0 Å². The van der Waals surface area contributed by atoms with Gasteiger partial charge in [0.05, 0.1) is 12.5 Å². The van der Waals surface area contributed by atoms with Crippen molar-refractivity contribution in [3.05, 3.63) is 0 Å². The molecule has 0 aliphatic rings. The van der Waals surface area contributed by atoms with Gasteiger partial charge in [-0.1, -0.05) is 0 Å². The van der Waals surface area contributed by atoms with E-state index in [0.29, 0.717) is 0 Å². The van der Waals surface area contributed by atoms with Crippen LogP contribution in [0, 0.1) is 0 Å². The minimum absolute atomic E-state index is 0. The fraction of sp³-hybridized carbons (Fsp3) is 0.750. The van der Waals surface area contributed by atoms with E-state index in [1.54, 1.807) is 0 Å². The Balaban J connectivity index is 0. The van der Waals surface area contributed by atoms with Crippen LogP contribution in [0.2, 0.25) is 0 Å². The van der Waals surface area contributed by atoms with Crippen molar-refractivity contribution in [2.24, 2.45) is 5.90 Å². The Morgan fingerprint density at radius 1 is 1.89 bits per heavy atom. The van der Waals surface area contributed by atoms with E-state index in [4.69, 9.17) is 5.11 Å². The summed E-state index contributed by atoms with van der Waals surface area (Å²) in [6, 6.07) is 0. The van der Waals surface area contributed by atoms with Crippen LogP contribution in [-0.2, 0) is 9.63 Å². The van der Waals surface area contributed by atoms with E-state index in [2.05, 4.69) is 10.7 Å². The second kappa shape index (κ2) is 6.51. The van der Waals surface area contributed by atoms with Gasteiger partial charge in [0.25, 0.3) is 0 Å². The first-order chi connectivity index (χ1) is 3.66. The normalized spacial score (nSPS) is 11.4. The number of nitrogens with two attached hydrogens (primary N) is 1. The average molecular weight is 143 g/mol. The first-order valence-corrected chi connectivity index (χ1v) is 2.24. The van der Waals surface area contributed by atoms with Gasteiger partial charge in [0, 0.05) is 0 Å². The SMILES string of the molecule is CC(O)CC(=O)ON.[NaH]. The Morgan fingerprint density at radius 2 is 2.33 bits per heavy atom. The van der Waals surface area contributed by atoms with Crippen LogP contribution >= 0.6 is 0 Å². The third-order valence-corrected chi connectivity index (χ3v) is 0.594. The van der Waals surface area contributed by atoms with Crippen LogP contribution in [0.1, 0.15) is 13.3 Å². The summed E-state index contributed by atoms with van der Waals surface area (Å²) in [6.07, 6.45) is -0.720. The van der Waals surface area contributed by atoms with E-state index in [-0.39, 0.29) is 36.0 Å². The van der Waals surface area contributed by atoms with E-state index in [1.807, 2.05) is 0 Å². The number of carbonyl (C=O) groups is 1. The molecular formula is C4H10NNaO3. The van der Waals surface area contributed by atoms with E-state index in [9.17, 15) is 4.79 Å². The van der Waals surface area contributed by atoms with Crippen LogP contribution in [0.5, 0.6) is 0 Å². The average Bonchev–Trinajstić information content (AvgIpc) is 1.65. The molecule has 0 aromatic carbocycles. The van der Waals surface area contributed by atoms with Crippen molar-refractivity contribution in [1.82, 2.24) is 0 Å². The minimum atomic E-state index is -0.675. The zero-order chi connectivity index (χ0) is 6.57. The van der Waals surface area contributed by atoms with Gasteiger partial charge >= 0.3 is 35.5 Å². The second-order valence-corrected chi connectivity index (χ2v) is 1.54. The molecule has 0 aliphatic heterocycles. The number of aliphatic hydroxyl groups excluding tert-OH is 1. The van der Waals surface area contributed by atoms with E-state index in [1.165, 1.54) is 6.92 Å². The number of rotatable bonds is 2. The van der Waals surface area contributed by atoms with Crippen LogP contribution in [0.4, 0.5) is 0 Å². The number of hydrogen-bond acceptors (Lipinski definition) is 4. The Morgan fingerprint density at radius 3 is 2.44 bits per heavy atom. The molecule has 0 fully saturated rings. The van der Waals surface area contributed by atoms with Crippen LogP contribution in [-0.4, -0.2) is 46.7 Å². The van der Waals surface area contributed by atoms with Gasteiger partial charge in [-0.05, 0) is 6.92 Å². The first-order valence-electron chi connectivity index (χ1n) is 2.24. The second-order valence-electron chi connectivity index (χ2n) is 1.54. The monoisotopic (exact) mass is 143 g/mol. The van der Waals surface area contributed by atoms with Crippen molar-refractivity contribution in [1.29, 1.82) is 0 Å². The zero-order valence-corrected chi connectivity index (χ0v) is 4.63. The van der Waals surface area contributed by atoms with Gasteiger partial charge in [0.2, 0.25) is 0 Å². The third-order valence-electron chi connectivity index (χ3n) is 0.594. The summed E-state index contributed by atoms with van der Waals surface area (Å²) < 4.78 is 0. The number of aliphatic hydroxyl groups is 1. The Labute approximate surface area is 75.6 Å². The Kier molecular flexibility index (Phi) is 8.75. The molecule has 1 unspecified atom stereocenters. The van der Waals surface area contributed by atoms with Crippen molar-refractivity contribution in [2.45, 2.75) is 19.4 Å². The van der Waals surface area contributed by atoms with Crippen molar-refractivity contribution >= 4 is 35.5 Å². The molecule has 50 valence electrons. The van der Waals surface area contributed by atoms with E-state index < -0.39 is 12.1 Å². The molecule has 0 aliphatic carbocycles. The Bertz CT molecular complexity index is 85.9. The number of carbonyl (C=O) groups excluding carboxylic acids is 1. The zero-order valence-electron chi connectivity index (χ0n) is 4.63. The maximum absolute atomic E-state index is 10.1. The molecule has 0 aromatic rings. The Hall–Kier alpha value is 0.390.